The van der Waals surface area contributed by atoms with Crippen molar-refractivity contribution in [3.05, 3.63) is 48.0 Å². The van der Waals surface area contributed by atoms with Crippen molar-refractivity contribution in [1.29, 1.82) is 0 Å². The van der Waals surface area contributed by atoms with Crippen LogP contribution >= 0.6 is 0 Å². The molecule has 31 heavy (non-hydrogen) atoms. The summed E-state index contributed by atoms with van der Waals surface area (Å²) in [5.74, 6) is 0. The second-order valence-electron chi connectivity index (χ2n) is 8.97. The van der Waals surface area contributed by atoms with Crippen LogP contribution in [0.5, 0.6) is 0 Å². The number of benzene rings is 2. The largest absolute Gasteiger partial charge is 0.447 e. The number of ether oxygens (including phenoxy) is 1. The summed E-state index contributed by atoms with van der Waals surface area (Å²) in [5, 5.41) is 5.36. The van der Waals surface area contributed by atoms with E-state index in [9.17, 15) is 4.79 Å². The predicted molar refractivity (Wildman–Crippen MR) is 133 cm³/mol. The van der Waals surface area contributed by atoms with E-state index < -0.39 is 0 Å². The van der Waals surface area contributed by atoms with E-state index in [4.69, 9.17) is 4.74 Å². The Morgan fingerprint density at radius 2 is 1.39 bits per heavy atom. The van der Waals surface area contributed by atoms with Crippen LogP contribution < -0.4 is 5.32 Å². The second kappa shape index (κ2) is 14.9. The molecule has 2 atom stereocenters. The first-order valence-electron chi connectivity index (χ1n) is 12.6. The van der Waals surface area contributed by atoms with Gasteiger partial charge in [-0.3, -0.25) is 0 Å². The Balaban J connectivity index is 1.57. The molecule has 0 aliphatic heterocycles. The van der Waals surface area contributed by atoms with Gasteiger partial charge in [0.2, 0.25) is 0 Å². The molecule has 3 heteroatoms. The van der Waals surface area contributed by atoms with Crippen molar-refractivity contribution in [2.45, 2.75) is 110 Å². The normalized spacial score (nSPS) is 13.1. The van der Waals surface area contributed by atoms with Gasteiger partial charge in [0.15, 0.2) is 0 Å². The van der Waals surface area contributed by atoms with E-state index in [1.54, 1.807) is 0 Å². The van der Waals surface area contributed by atoms with E-state index in [1.165, 1.54) is 75.0 Å². The van der Waals surface area contributed by atoms with Gasteiger partial charge in [-0.2, -0.15) is 0 Å². The summed E-state index contributed by atoms with van der Waals surface area (Å²) in [6.07, 6.45) is 15.3. The van der Waals surface area contributed by atoms with Crippen LogP contribution in [-0.2, 0) is 4.74 Å². The highest BCUT2D eigenvalue weighted by Gasteiger charge is 2.15. The Morgan fingerprint density at radius 1 is 0.806 bits per heavy atom. The lowest BCUT2D eigenvalue weighted by Crippen LogP contribution is -2.30. The monoisotopic (exact) mass is 425 g/mol. The Morgan fingerprint density at radius 3 is 2.06 bits per heavy atom. The summed E-state index contributed by atoms with van der Waals surface area (Å²) in [6, 6.07) is 14.4. The Labute approximate surface area is 190 Å². The van der Waals surface area contributed by atoms with E-state index in [1.807, 2.05) is 32.0 Å². The minimum Gasteiger partial charge on any atom is -0.447 e. The Hall–Kier alpha value is -2.03. The molecule has 2 aromatic carbocycles. The van der Waals surface area contributed by atoms with E-state index >= 15 is 0 Å². The van der Waals surface area contributed by atoms with Crippen LogP contribution in [0.25, 0.3) is 10.8 Å². The standard InChI is InChI=1S/C28H43NO2/c1-4-5-6-7-8-9-10-11-12-13-14-18-23(2)31-28(30)29-24(3)26-22-17-20-25-19-15-16-21-27(25)26/h15-17,19-24H,4-14,18H2,1-3H3,(H,29,30). The third kappa shape index (κ3) is 9.76. The van der Waals surface area contributed by atoms with E-state index in [2.05, 4.69) is 36.5 Å². The highest BCUT2D eigenvalue weighted by molar-refractivity contribution is 5.86. The zero-order valence-electron chi connectivity index (χ0n) is 20.0. The van der Waals surface area contributed by atoms with Crippen LogP contribution in [0, 0.1) is 0 Å². The molecule has 0 aliphatic carbocycles. The average Bonchev–Trinajstić information content (AvgIpc) is 2.76. The molecule has 2 rings (SSSR count). The number of hydrogen-bond donors (Lipinski definition) is 1. The molecule has 1 N–H and O–H groups in total. The lowest BCUT2D eigenvalue weighted by atomic mass is 10.00. The van der Waals surface area contributed by atoms with Gasteiger partial charge >= 0.3 is 6.09 Å². The molecular formula is C28H43NO2. The van der Waals surface area contributed by atoms with Crippen LogP contribution in [-0.4, -0.2) is 12.2 Å². The lowest BCUT2D eigenvalue weighted by Gasteiger charge is -2.19. The smallest absolute Gasteiger partial charge is 0.407 e. The SMILES string of the molecule is CCCCCCCCCCCCCC(C)OC(=O)NC(C)c1cccc2ccccc12. The first-order chi connectivity index (χ1) is 15.1. The van der Waals surface area contributed by atoms with Gasteiger partial charge in [0.05, 0.1) is 6.04 Å². The molecule has 2 unspecified atom stereocenters. The maximum absolute atomic E-state index is 12.3. The minimum atomic E-state index is -0.323. The van der Waals surface area contributed by atoms with Crippen LogP contribution in [0.15, 0.2) is 42.5 Å². The minimum absolute atomic E-state index is 0.0433. The van der Waals surface area contributed by atoms with Gasteiger partial charge in [-0.15, -0.1) is 0 Å². The Bertz CT molecular complexity index is 752. The van der Waals surface area contributed by atoms with Crippen molar-refractivity contribution >= 4 is 16.9 Å². The van der Waals surface area contributed by atoms with Gasteiger partial charge in [-0.25, -0.2) is 4.79 Å². The average molecular weight is 426 g/mol. The number of carbonyl (C=O) groups excluding carboxylic acids is 1. The number of alkyl carbamates (subject to hydrolysis) is 1. The maximum atomic E-state index is 12.3. The molecule has 0 heterocycles. The van der Waals surface area contributed by atoms with Crippen molar-refractivity contribution in [1.82, 2.24) is 5.32 Å². The van der Waals surface area contributed by atoms with Gasteiger partial charge < -0.3 is 10.1 Å². The highest BCUT2D eigenvalue weighted by atomic mass is 16.6. The Kier molecular flexibility index (Phi) is 12.1. The molecular weight excluding hydrogens is 382 g/mol. The molecule has 0 aromatic heterocycles. The fourth-order valence-electron chi connectivity index (χ4n) is 4.25. The molecule has 0 bridgehead atoms. The number of hydrogen-bond acceptors (Lipinski definition) is 2. The molecule has 0 spiro atoms. The van der Waals surface area contributed by atoms with Crippen LogP contribution in [0.2, 0.25) is 0 Å². The van der Waals surface area contributed by atoms with Gasteiger partial charge in [0, 0.05) is 0 Å². The number of fused-ring (bicyclic) bond motifs is 1. The molecule has 1 amide bonds. The van der Waals surface area contributed by atoms with Gasteiger partial charge in [0.25, 0.3) is 0 Å². The topological polar surface area (TPSA) is 38.3 Å². The summed E-state index contributed by atoms with van der Waals surface area (Å²) in [6.45, 7) is 6.28. The van der Waals surface area contributed by atoms with Crippen molar-refractivity contribution in [3.8, 4) is 0 Å². The van der Waals surface area contributed by atoms with Crippen molar-refractivity contribution in [3.63, 3.8) is 0 Å². The fraction of sp³-hybridized carbons (Fsp3) is 0.607. The third-order valence-corrected chi connectivity index (χ3v) is 6.15. The summed E-state index contributed by atoms with van der Waals surface area (Å²) >= 11 is 0. The van der Waals surface area contributed by atoms with Gasteiger partial charge in [-0.1, -0.05) is 114 Å². The number of rotatable bonds is 15. The van der Waals surface area contributed by atoms with E-state index in [0.717, 1.165) is 18.4 Å². The van der Waals surface area contributed by atoms with Crippen LogP contribution in [0.1, 0.15) is 109 Å². The zero-order valence-corrected chi connectivity index (χ0v) is 20.0. The van der Waals surface area contributed by atoms with Gasteiger partial charge in [0.1, 0.15) is 6.10 Å². The molecule has 172 valence electrons. The van der Waals surface area contributed by atoms with Crippen molar-refractivity contribution in [2.24, 2.45) is 0 Å². The number of amides is 1. The first kappa shape index (κ1) is 25.2. The quantitative estimate of drug-likeness (QED) is 0.290. The summed E-state index contributed by atoms with van der Waals surface area (Å²) in [4.78, 5) is 12.3. The summed E-state index contributed by atoms with van der Waals surface area (Å²) in [7, 11) is 0. The molecule has 0 saturated heterocycles. The van der Waals surface area contributed by atoms with Crippen molar-refractivity contribution in [2.75, 3.05) is 0 Å². The molecule has 3 nitrogen and oxygen atoms in total. The van der Waals surface area contributed by atoms with Crippen LogP contribution in [0.3, 0.4) is 0 Å². The van der Waals surface area contributed by atoms with Gasteiger partial charge in [-0.05, 0) is 43.0 Å². The molecule has 2 aromatic rings. The first-order valence-corrected chi connectivity index (χ1v) is 12.6. The van der Waals surface area contributed by atoms with E-state index in [-0.39, 0.29) is 18.2 Å². The molecule has 0 saturated carbocycles. The number of carbonyl (C=O) groups is 1. The predicted octanol–water partition coefficient (Wildman–Crippen LogP) is 8.72. The van der Waals surface area contributed by atoms with Crippen molar-refractivity contribution < 1.29 is 9.53 Å². The third-order valence-electron chi connectivity index (χ3n) is 6.15. The van der Waals surface area contributed by atoms with Crippen LogP contribution in [0.4, 0.5) is 4.79 Å². The molecule has 0 fully saturated rings. The number of unbranched alkanes of at least 4 members (excludes halogenated alkanes) is 10. The number of nitrogens with one attached hydrogen (secondary N) is 1. The summed E-state index contributed by atoms with van der Waals surface area (Å²) < 4.78 is 5.60. The fourth-order valence-corrected chi connectivity index (χ4v) is 4.25. The maximum Gasteiger partial charge on any atom is 0.407 e. The van der Waals surface area contributed by atoms with E-state index in [0.29, 0.717) is 0 Å². The highest BCUT2D eigenvalue weighted by Crippen LogP contribution is 2.24. The summed E-state index contributed by atoms with van der Waals surface area (Å²) in [5.41, 5.74) is 1.12. The second-order valence-corrected chi connectivity index (χ2v) is 8.97. The zero-order chi connectivity index (χ0) is 22.3. The molecule has 0 radical (unpaired) electrons. The lowest BCUT2D eigenvalue weighted by molar-refractivity contribution is 0.0981. The molecule has 0 aliphatic rings.